The predicted octanol–water partition coefficient (Wildman–Crippen LogP) is 1.27. The third-order valence-electron chi connectivity index (χ3n) is 1.71. The van der Waals surface area contributed by atoms with Crippen molar-refractivity contribution in [2.24, 2.45) is 0 Å². The maximum atomic E-state index is 11.5. The van der Waals surface area contributed by atoms with Crippen molar-refractivity contribution in [3.05, 3.63) is 24.0 Å². The molecule has 0 radical (unpaired) electrons. The standard InChI is InChI=1S/C9H13IN2O/c1-12-6-2-3-8(7-12)9(13)11-5-4-10/h2,6-7H,3-5H2,1H3,(H,11,13). The van der Waals surface area contributed by atoms with Crippen molar-refractivity contribution in [3.8, 4) is 0 Å². The molecule has 0 atom stereocenters. The van der Waals surface area contributed by atoms with E-state index in [1.54, 1.807) is 0 Å². The molecule has 0 bridgehead atoms. The zero-order chi connectivity index (χ0) is 9.68. The number of carbonyl (C=O) groups is 1. The molecule has 1 amide bonds. The van der Waals surface area contributed by atoms with Gasteiger partial charge in [0.15, 0.2) is 0 Å². The third-order valence-corrected chi connectivity index (χ3v) is 2.25. The Labute approximate surface area is 92.0 Å². The van der Waals surface area contributed by atoms with Crippen LogP contribution in [0.15, 0.2) is 24.0 Å². The van der Waals surface area contributed by atoms with Crippen LogP contribution in [0.5, 0.6) is 0 Å². The van der Waals surface area contributed by atoms with Crippen molar-refractivity contribution < 1.29 is 4.79 Å². The molecular formula is C9H13IN2O. The SMILES string of the molecule is CN1C=CCC(C(=O)NCCI)=C1. The lowest BCUT2D eigenvalue weighted by Crippen LogP contribution is -2.28. The van der Waals surface area contributed by atoms with Gasteiger partial charge in [-0.15, -0.1) is 0 Å². The van der Waals surface area contributed by atoms with Crippen molar-refractivity contribution in [3.63, 3.8) is 0 Å². The molecule has 0 unspecified atom stereocenters. The molecule has 0 aromatic rings. The summed E-state index contributed by atoms with van der Waals surface area (Å²) in [6, 6.07) is 0. The van der Waals surface area contributed by atoms with E-state index >= 15 is 0 Å². The van der Waals surface area contributed by atoms with Crippen LogP contribution in [-0.2, 0) is 4.79 Å². The Morgan fingerprint density at radius 3 is 3.15 bits per heavy atom. The highest BCUT2D eigenvalue weighted by Crippen LogP contribution is 2.09. The number of hydrogen-bond donors (Lipinski definition) is 1. The average molecular weight is 292 g/mol. The first-order valence-corrected chi connectivity index (χ1v) is 5.70. The highest BCUT2D eigenvalue weighted by atomic mass is 127. The number of nitrogens with one attached hydrogen (secondary N) is 1. The molecule has 0 aromatic heterocycles. The summed E-state index contributed by atoms with van der Waals surface area (Å²) in [4.78, 5) is 13.4. The molecule has 4 heteroatoms. The Bertz CT molecular complexity index is 248. The number of amides is 1. The topological polar surface area (TPSA) is 32.3 Å². The molecule has 1 aliphatic heterocycles. The summed E-state index contributed by atoms with van der Waals surface area (Å²) in [5.74, 6) is 0.0490. The second kappa shape index (κ2) is 5.26. The number of nitrogens with zero attached hydrogens (tertiary/aromatic N) is 1. The molecule has 0 saturated carbocycles. The second-order valence-corrected chi connectivity index (χ2v) is 3.93. The van der Waals surface area contributed by atoms with Crippen LogP contribution < -0.4 is 5.32 Å². The van der Waals surface area contributed by atoms with Crippen LogP contribution in [0.3, 0.4) is 0 Å². The normalized spacial score (nSPS) is 15.5. The molecule has 0 fully saturated rings. The van der Waals surface area contributed by atoms with Gasteiger partial charge in [0, 0.05) is 29.8 Å². The van der Waals surface area contributed by atoms with E-state index in [1.165, 1.54) is 0 Å². The Balaban J connectivity index is 2.47. The van der Waals surface area contributed by atoms with Crippen molar-refractivity contribution in [1.82, 2.24) is 10.2 Å². The van der Waals surface area contributed by atoms with Gasteiger partial charge in [0.2, 0.25) is 5.91 Å². The number of halogens is 1. The van der Waals surface area contributed by atoms with Crippen LogP contribution >= 0.6 is 22.6 Å². The molecule has 1 aliphatic rings. The van der Waals surface area contributed by atoms with E-state index in [0.717, 1.165) is 23.0 Å². The summed E-state index contributed by atoms with van der Waals surface area (Å²) in [7, 11) is 1.92. The van der Waals surface area contributed by atoms with Crippen LogP contribution in [0.2, 0.25) is 0 Å². The number of alkyl halides is 1. The first kappa shape index (κ1) is 10.6. The molecule has 0 spiro atoms. The molecule has 0 saturated heterocycles. The highest BCUT2D eigenvalue weighted by molar-refractivity contribution is 14.1. The quantitative estimate of drug-likeness (QED) is 0.627. The van der Waals surface area contributed by atoms with Crippen molar-refractivity contribution in [2.45, 2.75) is 6.42 Å². The molecule has 1 rings (SSSR count). The fourth-order valence-electron chi connectivity index (χ4n) is 1.11. The third kappa shape index (κ3) is 3.38. The van der Waals surface area contributed by atoms with Gasteiger partial charge in [-0.2, -0.15) is 0 Å². The monoisotopic (exact) mass is 292 g/mol. The first-order chi connectivity index (χ1) is 6.24. The molecule has 13 heavy (non-hydrogen) atoms. The number of rotatable bonds is 3. The minimum Gasteiger partial charge on any atom is -0.357 e. The number of hydrogen-bond acceptors (Lipinski definition) is 2. The van der Waals surface area contributed by atoms with Crippen molar-refractivity contribution >= 4 is 28.5 Å². The van der Waals surface area contributed by atoms with E-state index in [0.29, 0.717) is 0 Å². The van der Waals surface area contributed by atoms with Crippen LogP contribution in [0.25, 0.3) is 0 Å². The van der Waals surface area contributed by atoms with E-state index in [9.17, 15) is 4.79 Å². The number of allylic oxidation sites excluding steroid dienone is 1. The summed E-state index contributed by atoms with van der Waals surface area (Å²) < 4.78 is 0.947. The van der Waals surface area contributed by atoms with Crippen LogP contribution in [0.1, 0.15) is 6.42 Å². The second-order valence-electron chi connectivity index (χ2n) is 2.85. The number of carbonyl (C=O) groups excluding carboxylic acids is 1. The van der Waals surface area contributed by atoms with Gasteiger partial charge in [0.1, 0.15) is 0 Å². The highest BCUT2D eigenvalue weighted by Gasteiger charge is 2.09. The fourth-order valence-corrected chi connectivity index (χ4v) is 1.38. The lowest BCUT2D eigenvalue weighted by molar-refractivity contribution is -0.117. The Morgan fingerprint density at radius 1 is 1.77 bits per heavy atom. The first-order valence-electron chi connectivity index (χ1n) is 4.17. The van der Waals surface area contributed by atoms with Crippen LogP contribution in [0.4, 0.5) is 0 Å². The summed E-state index contributed by atoms with van der Waals surface area (Å²) in [5, 5.41) is 2.85. The van der Waals surface area contributed by atoms with E-state index in [1.807, 2.05) is 30.4 Å². The molecular weight excluding hydrogens is 279 g/mol. The summed E-state index contributed by atoms with van der Waals surface area (Å²) in [6.07, 6.45) is 6.54. The zero-order valence-electron chi connectivity index (χ0n) is 7.59. The Morgan fingerprint density at radius 2 is 2.54 bits per heavy atom. The maximum absolute atomic E-state index is 11.5. The van der Waals surface area contributed by atoms with Gasteiger partial charge in [-0.3, -0.25) is 4.79 Å². The van der Waals surface area contributed by atoms with E-state index in [4.69, 9.17) is 0 Å². The van der Waals surface area contributed by atoms with E-state index in [2.05, 4.69) is 27.9 Å². The largest absolute Gasteiger partial charge is 0.357 e. The molecule has 0 aromatic carbocycles. The summed E-state index contributed by atoms with van der Waals surface area (Å²) in [6.45, 7) is 0.740. The van der Waals surface area contributed by atoms with Gasteiger partial charge in [-0.25, -0.2) is 0 Å². The van der Waals surface area contributed by atoms with Gasteiger partial charge in [-0.05, 0) is 12.6 Å². The van der Waals surface area contributed by atoms with Gasteiger partial charge < -0.3 is 10.2 Å². The van der Waals surface area contributed by atoms with Crippen LogP contribution in [-0.4, -0.2) is 28.8 Å². The Kier molecular flexibility index (Phi) is 4.27. The fraction of sp³-hybridized carbons (Fsp3) is 0.444. The maximum Gasteiger partial charge on any atom is 0.249 e. The molecule has 3 nitrogen and oxygen atoms in total. The minimum atomic E-state index is 0.0490. The average Bonchev–Trinajstić information content (AvgIpc) is 2.14. The van der Waals surface area contributed by atoms with Gasteiger partial charge in [-0.1, -0.05) is 28.7 Å². The predicted molar refractivity (Wildman–Crippen MR) is 61.5 cm³/mol. The van der Waals surface area contributed by atoms with E-state index < -0.39 is 0 Å². The smallest absolute Gasteiger partial charge is 0.249 e. The van der Waals surface area contributed by atoms with Crippen molar-refractivity contribution in [2.75, 3.05) is 18.0 Å². The molecule has 1 heterocycles. The molecule has 1 N–H and O–H groups in total. The summed E-state index contributed by atoms with van der Waals surface area (Å²) in [5.41, 5.74) is 0.829. The van der Waals surface area contributed by atoms with Gasteiger partial charge in [0.25, 0.3) is 0 Å². The van der Waals surface area contributed by atoms with E-state index in [-0.39, 0.29) is 5.91 Å². The molecule has 0 aliphatic carbocycles. The van der Waals surface area contributed by atoms with Crippen molar-refractivity contribution in [1.29, 1.82) is 0 Å². The minimum absolute atomic E-state index is 0.0490. The Hall–Kier alpha value is -0.520. The van der Waals surface area contributed by atoms with Gasteiger partial charge >= 0.3 is 0 Å². The van der Waals surface area contributed by atoms with Crippen LogP contribution in [0, 0.1) is 0 Å². The lowest BCUT2D eigenvalue weighted by Gasteiger charge is -2.15. The zero-order valence-corrected chi connectivity index (χ0v) is 9.74. The summed E-state index contributed by atoms with van der Waals surface area (Å²) >= 11 is 2.24. The van der Waals surface area contributed by atoms with Gasteiger partial charge in [0.05, 0.1) is 0 Å². The molecule has 72 valence electrons. The lowest BCUT2D eigenvalue weighted by atomic mass is 10.1.